The van der Waals surface area contributed by atoms with Gasteiger partial charge >= 0.3 is 5.69 Å². The van der Waals surface area contributed by atoms with E-state index in [-0.39, 0.29) is 11.6 Å². The molecule has 2 heterocycles. The molecule has 25 heavy (non-hydrogen) atoms. The molecule has 132 valence electrons. The number of nitrogens with zero attached hydrogens (tertiary/aromatic N) is 2. The molecule has 3 rings (SSSR count). The van der Waals surface area contributed by atoms with Crippen LogP contribution < -0.4 is 11.0 Å². The zero-order chi connectivity index (χ0) is 17.8. The normalized spacial score (nSPS) is 11.1. The monoisotopic (exact) mass is 360 g/mol. The number of aromatic nitrogens is 3. The maximum Gasteiger partial charge on any atom is 0.326 e. The quantitative estimate of drug-likeness (QED) is 0.631. The van der Waals surface area contributed by atoms with E-state index in [2.05, 4.69) is 15.3 Å². The van der Waals surface area contributed by atoms with Gasteiger partial charge in [0.15, 0.2) is 0 Å². The van der Waals surface area contributed by atoms with Crippen LogP contribution in [0.2, 0.25) is 0 Å². The van der Waals surface area contributed by atoms with E-state index in [4.69, 9.17) is 4.74 Å². The number of benzene rings is 1. The van der Waals surface area contributed by atoms with Crippen LogP contribution >= 0.6 is 11.3 Å². The lowest BCUT2D eigenvalue weighted by atomic mass is 10.2. The summed E-state index contributed by atoms with van der Waals surface area (Å²) in [6.45, 7) is 5.78. The number of ether oxygens (including phenoxy) is 1. The van der Waals surface area contributed by atoms with Crippen LogP contribution in [0, 0.1) is 6.92 Å². The van der Waals surface area contributed by atoms with Crippen LogP contribution in [-0.2, 0) is 17.8 Å². The van der Waals surface area contributed by atoms with Gasteiger partial charge in [0.1, 0.15) is 5.01 Å². The van der Waals surface area contributed by atoms with E-state index in [0.29, 0.717) is 37.4 Å². The highest BCUT2D eigenvalue weighted by atomic mass is 32.1. The highest BCUT2D eigenvalue weighted by Crippen LogP contribution is 2.14. The average Bonchev–Trinajstić information content (AvgIpc) is 3.15. The Morgan fingerprint density at radius 1 is 1.44 bits per heavy atom. The second kappa shape index (κ2) is 7.62. The molecule has 2 N–H and O–H groups in total. The zero-order valence-corrected chi connectivity index (χ0v) is 15.0. The number of nitrogens with one attached hydrogen (secondary N) is 2. The maximum absolute atomic E-state index is 12.3. The zero-order valence-electron chi connectivity index (χ0n) is 14.2. The first-order chi connectivity index (χ1) is 12.1. The molecular weight excluding hydrogens is 340 g/mol. The van der Waals surface area contributed by atoms with Gasteiger partial charge in [0, 0.05) is 23.2 Å². The first-order valence-corrected chi connectivity index (χ1v) is 8.96. The molecule has 0 fully saturated rings. The smallest absolute Gasteiger partial charge is 0.326 e. The van der Waals surface area contributed by atoms with Crippen molar-refractivity contribution in [3.05, 3.63) is 50.3 Å². The number of hydrogen-bond acceptors (Lipinski definition) is 5. The van der Waals surface area contributed by atoms with Crippen molar-refractivity contribution in [2.45, 2.75) is 26.9 Å². The number of thiazole rings is 1. The van der Waals surface area contributed by atoms with E-state index in [1.54, 1.807) is 22.8 Å². The molecular formula is C17H20N4O3S. The van der Waals surface area contributed by atoms with Crippen LogP contribution in [-0.4, -0.2) is 33.7 Å². The second-order valence-electron chi connectivity index (χ2n) is 5.58. The van der Waals surface area contributed by atoms with Gasteiger partial charge in [-0.3, -0.25) is 9.36 Å². The molecule has 0 radical (unpaired) electrons. The third-order valence-electron chi connectivity index (χ3n) is 3.77. The minimum atomic E-state index is -0.203. The van der Waals surface area contributed by atoms with Gasteiger partial charge < -0.3 is 15.0 Å². The summed E-state index contributed by atoms with van der Waals surface area (Å²) in [5.74, 6) is -0.197. The Balaban J connectivity index is 1.74. The number of carbonyl (C=O) groups excluding carboxylic acids is 1. The number of imidazole rings is 1. The molecule has 0 aliphatic heterocycles. The lowest BCUT2D eigenvalue weighted by Gasteiger charge is -2.05. The Hall–Kier alpha value is -2.45. The number of aryl methyl sites for hydroxylation is 1. The first kappa shape index (κ1) is 17.4. The molecule has 0 saturated carbocycles. The van der Waals surface area contributed by atoms with Crippen molar-refractivity contribution < 1.29 is 9.53 Å². The highest BCUT2D eigenvalue weighted by Gasteiger charge is 2.11. The van der Waals surface area contributed by atoms with Crippen LogP contribution in [0.1, 0.15) is 28.0 Å². The van der Waals surface area contributed by atoms with Gasteiger partial charge in [-0.05, 0) is 32.0 Å². The third kappa shape index (κ3) is 3.97. The fraction of sp³-hybridized carbons (Fsp3) is 0.353. The van der Waals surface area contributed by atoms with Gasteiger partial charge in [0.25, 0.3) is 5.91 Å². The predicted octanol–water partition coefficient (Wildman–Crippen LogP) is 2.06. The van der Waals surface area contributed by atoms with Crippen molar-refractivity contribution in [2.24, 2.45) is 0 Å². The Labute approximate surface area is 148 Å². The number of carbonyl (C=O) groups is 1. The largest absolute Gasteiger partial charge is 0.380 e. The number of H-pyrrole nitrogens is 1. The molecule has 0 atom stereocenters. The summed E-state index contributed by atoms with van der Waals surface area (Å²) in [5.41, 5.74) is 2.64. The number of fused-ring (bicyclic) bond motifs is 1. The van der Waals surface area contributed by atoms with Gasteiger partial charge in [0.2, 0.25) is 0 Å². The van der Waals surface area contributed by atoms with Crippen LogP contribution in [0.5, 0.6) is 0 Å². The van der Waals surface area contributed by atoms with E-state index in [0.717, 1.165) is 16.2 Å². The van der Waals surface area contributed by atoms with Gasteiger partial charge in [-0.2, -0.15) is 0 Å². The minimum absolute atomic E-state index is 0.197. The Morgan fingerprint density at radius 3 is 3.00 bits per heavy atom. The summed E-state index contributed by atoms with van der Waals surface area (Å²) in [5, 5.41) is 5.66. The van der Waals surface area contributed by atoms with E-state index in [1.807, 2.05) is 19.2 Å². The molecule has 0 aliphatic rings. The van der Waals surface area contributed by atoms with E-state index < -0.39 is 0 Å². The molecule has 2 aromatic heterocycles. The molecule has 0 unspecified atom stereocenters. The first-order valence-electron chi connectivity index (χ1n) is 8.08. The molecule has 8 heteroatoms. The molecule has 7 nitrogen and oxygen atoms in total. The number of hydrogen-bond donors (Lipinski definition) is 2. The third-order valence-corrected chi connectivity index (χ3v) is 4.73. The van der Waals surface area contributed by atoms with Crippen molar-refractivity contribution in [3.63, 3.8) is 0 Å². The summed E-state index contributed by atoms with van der Waals surface area (Å²) in [7, 11) is 0. The summed E-state index contributed by atoms with van der Waals surface area (Å²) in [4.78, 5) is 31.5. The Bertz CT molecular complexity index is 941. The van der Waals surface area contributed by atoms with Gasteiger partial charge in [-0.1, -0.05) is 0 Å². The van der Waals surface area contributed by atoms with Crippen LogP contribution in [0.15, 0.2) is 28.4 Å². The molecule has 0 spiro atoms. The van der Waals surface area contributed by atoms with Crippen LogP contribution in [0.4, 0.5) is 0 Å². The highest BCUT2D eigenvalue weighted by molar-refractivity contribution is 7.09. The molecule has 1 aromatic carbocycles. The standard InChI is InChI=1S/C17H20N4O3S/c1-3-24-7-6-21-14-5-4-12(8-13(14)20-17(21)23)16(22)18-9-15-19-11(2)10-25-15/h4-5,8,10H,3,6-7,9H2,1-2H3,(H,18,22)(H,20,23). The van der Waals surface area contributed by atoms with E-state index in [1.165, 1.54) is 11.3 Å². The Morgan fingerprint density at radius 2 is 2.28 bits per heavy atom. The van der Waals surface area contributed by atoms with Crippen molar-refractivity contribution >= 4 is 28.3 Å². The summed E-state index contributed by atoms with van der Waals surface area (Å²) < 4.78 is 6.92. The molecule has 0 saturated heterocycles. The van der Waals surface area contributed by atoms with Crippen molar-refractivity contribution in [2.75, 3.05) is 13.2 Å². The van der Waals surface area contributed by atoms with E-state index >= 15 is 0 Å². The molecule has 0 bridgehead atoms. The molecule has 0 aliphatic carbocycles. The summed E-state index contributed by atoms with van der Waals surface area (Å²) in [6, 6.07) is 5.19. The lowest BCUT2D eigenvalue weighted by Crippen LogP contribution is -2.22. The summed E-state index contributed by atoms with van der Waals surface area (Å²) in [6.07, 6.45) is 0. The van der Waals surface area contributed by atoms with Gasteiger partial charge in [0.05, 0.1) is 30.7 Å². The predicted molar refractivity (Wildman–Crippen MR) is 97.1 cm³/mol. The minimum Gasteiger partial charge on any atom is -0.380 e. The molecule has 1 amide bonds. The van der Waals surface area contributed by atoms with Crippen LogP contribution in [0.25, 0.3) is 11.0 Å². The second-order valence-corrected chi connectivity index (χ2v) is 6.52. The topological polar surface area (TPSA) is 89.0 Å². The van der Waals surface area contributed by atoms with Gasteiger partial charge in [-0.15, -0.1) is 11.3 Å². The maximum atomic E-state index is 12.3. The van der Waals surface area contributed by atoms with Crippen molar-refractivity contribution in [1.29, 1.82) is 0 Å². The number of aromatic amines is 1. The van der Waals surface area contributed by atoms with Crippen LogP contribution in [0.3, 0.4) is 0 Å². The average molecular weight is 360 g/mol. The van der Waals surface area contributed by atoms with E-state index in [9.17, 15) is 9.59 Å². The summed E-state index contributed by atoms with van der Waals surface area (Å²) >= 11 is 1.52. The fourth-order valence-electron chi connectivity index (χ4n) is 2.57. The SMILES string of the molecule is CCOCCn1c(=O)[nH]c2cc(C(=O)NCc3nc(C)cs3)ccc21. The number of amides is 1. The number of rotatable bonds is 7. The van der Waals surface area contributed by atoms with Gasteiger partial charge in [-0.25, -0.2) is 9.78 Å². The molecule has 3 aromatic rings. The fourth-order valence-corrected chi connectivity index (χ4v) is 3.28. The Kier molecular flexibility index (Phi) is 5.30. The van der Waals surface area contributed by atoms with Crippen molar-refractivity contribution in [1.82, 2.24) is 19.9 Å². The van der Waals surface area contributed by atoms with Crippen molar-refractivity contribution in [3.8, 4) is 0 Å². The lowest BCUT2D eigenvalue weighted by molar-refractivity contribution is 0.0951.